The van der Waals surface area contributed by atoms with E-state index in [9.17, 15) is 10.1 Å². The normalized spacial score (nSPS) is 10.1. The smallest absolute Gasteiger partial charge is 0.269 e. The fourth-order valence-corrected chi connectivity index (χ4v) is 1.50. The van der Waals surface area contributed by atoms with Gasteiger partial charge in [0.2, 0.25) is 5.95 Å². The summed E-state index contributed by atoms with van der Waals surface area (Å²) in [6.45, 7) is 0.452. The quantitative estimate of drug-likeness (QED) is 0.554. The molecule has 0 unspecified atom stereocenters. The van der Waals surface area contributed by atoms with Gasteiger partial charge in [0.1, 0.15) is 11.6 Å². The number of nitrogens with zero attached hydrogens (tertiary/aromatic N) is 3. The van der Waals surface area contributed by atoms with Crippen molar-refractivity contribution in [1.29, 1.82) is 0 Å². The van der Waals surface area contributed by atoms with E-state index in [1.54, 1.807) is 18.2 Å². The Morgan fingerprint density at radius 1 is 1.21 bits per heavy atom. The maximum Gasteiger partial charge on any atom is 0.269 e. The average Bonchev–Trinajstić information content (AvgIpc) is 2.36. The van der Waals surface area contributed by atoms with Gasteiger partial charge in [-0.1, -0.05) is 12.1 Å². The molecule has 0 aliphatic rings. The van der Waals surface area contributed by atoms with Crippen molar-refractivity contribution in [3.05, 3.63) is 46.0 Å². The van der Waals surface area contributed by atoms with E-state index >= 15 is 0 Å². The molecule has 5 N–H and O–H groups in total. The average molecular weight is 260 g/mol. The van der Waals surface area contributed by atoms with Gasteiger partial charge in [0.15, 0.2) is 0 Å². The number of nitrogen functional groups attached to an aromatic ring is 2. The van der Waals surface area contributed by atoms with Crippen LogP contribution in [0.3, 0.4) is 0 Å². The summed E-state index contributed by atoms with van der Waals surface area (Å²) in [6, 6.07) is 7.78. The number of nitro benzene ring substituents is 1. The number of non-ortho nitro benzene ring substituents is 1. The number of benzene rings is 1. The molecule has 0 radical (unpaired) electrons. The number of anilines is 3. The second-order valence-corrected chi connectivity index (χ2v) is 3.81. The van der Waals surface area contributed by atoms with Crippen LogP contribution in [0.5, 0.6) is 0 Å². The van der Waals surface area contributed by atoms with E-state index < -0.39 is 4.92 Å². The Labute approximate surface area is 108 Å². The number of hydrogen-bond donors (Lipinski definition) is 3. The van der Waals surface area contributed by atoms with Gasteiger partial charge >= 0.3 is 0 Å². The zero-order chi connectivity index (χ0) is 13.8. The van der Waals surface area contributed by atoms with Crippen molar-refractivity contribution in [1.82, 2.24) is 9.97 Å². The van der Waals surface area contributed by atoms with Crippen LogP contribution >= 0.6 is 0 Å². The van der Waals surface area contributed by atoms with Crippen LogP contribution in [0.1, 0.15) is 5.56 Å². The van der Waals surface area contributed by atoms with E-state index in [2.05, 4.69) is 15.3 Å². The molecule has 0 saturated heterocycles. The summed E-state index contributed by atoms with van der Waals surface area (Å²) in [7, 11) is 0. The van der Waals surface area contributed by atoms with E-state index in [-0.39, 0.29) is 17.5 Å². The maximum atomic E-state index is 10.5. The second kappa shape index (κ2) is 5.17. The van der Waals surface area contributed by atoms with E-state index in [4.69, 9.17) is 11.5 Å². The van der Waals surface area contributed by atoms with Gasteiger partial charge in [-0.3, -0.25) is 10.1 Å². The lowest BCUT2D eigenvalue weighted by Crippen LogP contribution is -2.06. The number of nitrogens with two attached hydrogens (primary N) is 2. The molecule has 8 nitrogen and oxygen atoms in total. The fourth-order valence-electron chi connectivity index (χ4n) is 1.50. The molecule has 1 aromatic carbocycles. The van der Waals surface area contributed by atoms with Gasteiger partial charge in [0.05, 0.1) is 4.92 Å². The van der Waals surface area contributed by atoms with Crippen LogP contribution in [0.15, 0.2) is 30.3 Å². The lowest BCUT2D eigenvalue weighted by molar-refractivity contribution is -0.384. The minimum atomic E-state index is -0.441. The Balaban J connectivity index is 2.03. The van der Waals surface area contributed by atoms with Crippen LogP contribution in [0.25, 0.3) is 0 Å². The Morgan fingerprint density at radius 3 is 2.47 bits per heavy atom. The molecule has 0 amide bonds. The highest BCUT2D eigenvalue weighted by Crippen LogP contribution is 2.14. The largest absolute Gasteiger partial charge is 0.383 e. The fraction of sp³-hybridized carbons (Fsp3) is 0.0909. The van der Waals surface area contributed by atoms with Gasteiger partial charge < -0.3 is 16.8 Å². The van der Waals surface area contributed by atoms with Gasteiger partial charge in [-0.05, 0) is 5.56 Å². The topological polar surface area (TPSA) is 133 Å². The summed E-state index contributed by atoms with van der Waals surface area (Å²) in [4.78, 5) is 17.8. The van der Waals surface area contributed by atoms with Crippen LogP contribution in [0, 0.1) is 10.1 Å². The number of rotatable bonds is 4. The number of nitro groups is 1. The van der Waals surface area contributed by atoms with Crippen LogP contribution in [0.4, 0.5) is 23.3 Å². The standard InChI is InChI=1S/C11H12N6O2/c12-9-5-10(16-11(13)15-9)14-6-7-1-3-8(4-2-7)17(18)19/h1-5H,6H2,(H5,12,13,14,15,16). The molecule has 0 aliphatic carbocycles. The predicted octanol–water partition coefficient (Wildman–Crippen LogP) is 1.16. The van der Waals surface area contributed by atoms with Crippen molar-refractivity contribution in [2.75, 3.05) is 16.8 Å². The monoisotopic (exact) mass is 260 g/mol. The number of hydrogen-bond acceptors (Lipinski definition) is 7. The zero-order valence-corrected chi connectivity index (χ0v) is 9.91. The van der Waals surface area contributed by atoms with Crippen LogP contribution in [0.2, 0.25) is 0 Å². The van der Waals surface area contributed by atoms with Crippen molar-refractivity contribution >= 4 is 23.3 Å². The van der Waals surface area contributed by atoms with Gasteiger partial charge in [0.25, 0.3) is 5.69 Å². The van der Waals surface area contributed by atoms with Crippen LogP contribution < -0.4 is 16.8 Å². The van der Waals surface area contributed by atoms with Crippen molar-refractivity contribution in [3.8, 4) is 0 Å². The highest BCUT2D eigenvalue weighted by molar-refractivity contribution is 5.48. The molecule has 2 aromatic rings. The van der Waals surface area contributed by atoms with Crippen molar-refractivity contribution < 1.29 is 4.92 Å². The van der Waals surface area contributed by atoms with E-state index in [0.717, 1.165) is 5.56 Å². The molecule has 8 heteroatoms. The van der Waals surface area contributed by atoms with Crippen molar-refractivity contribution in [2.45, 2.75) is 6.54 Å². The number of aromatic nitrogens is 2. The molecule has 0 atom stereocenters. The Hall–Kier alpha value is -2.90. The molecule has 2 rings (SSSR count). The number of nitrogens with one attached hydrogen (secondary N) is 1. The highest BCUT2D eigenvalue weighted by Gasteiger charge is 2.04. The van der Waals surface area contributed by atoms with Gasteiger partial charge in [-0.15, -0.1) is 0 Å². The van der Waals surface area contributed by atoms with Crippen molar-refractivity contribution in [3.63, 3.8) is 0 Å². The van der Waals surface area contributed by atoms with Gasteiger partial charge in [-0.2, -0.15) is 9.97 Å². The molecule has 1 heterocycles. The minimum Gasteiger partial charge on any atom is -0.383 e. The molecule has 0 saturated carbocycles. The summed E-state index contributed by atoms with van der Waals surface area (Å²) < 4.78 is 0. The molecule has 1 aromatic heterocycles. The first-order valence-corrected chi connectivity index (χ1v) is 5.42. The lowest BCUT2D eigenvalue weighted by atomic mass is 10.2. The Kier molecular flexibility index (Phi) is 3.42. The first kappa shape index (κ1) is 12.6. The zero-order valence-electron chi connectivity index (χ0n) is 9.91. The van der Waals surface area contributed by atoms with Gasteiger partial charge in [-0.25, -0.2) is 0 Å². The lowest BCUT2D eigenvalue weighted by Gasteiger charge is -2.06. The molecule has 0 bridgehead atoms. The molecular formula is C11H12N6O2. The van der Waals surface area contributed by atoms with Crippen LogP contribution in [-0.2, 0) is 6.54 Å². The van der Waals surface area contributed by atoms with E-state index in [1.807, 2.05) is 0 Å². The SMILES string of the molecule is Nc1cc(NCc2ccc([N+](=O)[O-])cc2)nc(N)n1. The Bertz CT molecular complexity index is 578. The first-order valence-electron chi connectivity index (χ1n) is 5.42. The third kappa shape index (κ3) is 3.28. The molecule has 0 fully saturated rings. The predicted molar refractivity (Wildman–Crippen MR) is 71.3 cm³/mol. The second-order valence-electron chi connectivity index (χ2n) is 3.81. The molecular weight excluding hydrogens is 248 g/mol. The summed E-state index contributed by atoms with van der Waals surface area (Å²) in [5.41, 5.74) is 11.9. The molecule has 0 spiro atoms. The third-order valence-corrected chi connectivity index (χ3v) is 2.38. The summed E-state index contributed by atoms with van der Waals surface area (Å²) in [5.74, 6) is 0.869. The molecule has 98 valence electrons. The first-order chi connectivity index (χ1) is 9.04. The summed E-state index contributed by atoms with van der Waals surface area (Å²) >= 11 is 0. The van der Waals surface area contributed by atoms with Crippen molar-refractivity contribution in [2.24, 2.45) is 0 Å². The summed E-state index contributed by atoms with van der Waals surface area (Å²) in [5, 5.41) is 13.5. The molecule has 0 aliphatic heterocycles. The van der Waals surface area contributed by atoms with E-state index in [0.29, 0.717) is 12.4 Å². The highest BCUT2D eigenvalue weighted by atomic mass is 16.6. The van der Waals surface area contributed by atoms with Gasteiger partial charge in [0, 0.05) is 24.7 Å². The summed E-state index contributed by atoms with van der Waals surface area (Å²) in [6.07, 6.45) is 0. The maximum absolute atomic E-state index is 10.5. The minimum absolute atomic E-state index is 0.0549. The molecule has 19 heavy (non-hydrogen) atoms. The van der Waals surface area contributed by atoms with Crippen LogP contribution in [-0.4, -0.2) is 14.9 Å². The Morgan fingerprint density at radius 2 is 1.89 bits per heavy atom. The van der Waals surface area contributed by atoms with E-state index in [1.165, 1.54) is 12.1 Å². The third-order valence-electron chi connectivity index (χ3n) is 2.38.